The van der Waals surface area contributed by atoms with Crippen LogP contribution in [-0.4, -0.2) is 36.0 Å². The van der Waals surface area contributed by atoms with Gasteiger partial charge in [0.2, 0.25) is 11.8 Å². The Kier molecular flexibility index (Phi) is 8.74. The lowest BCUT2D eigenvalue weighted by Crippen LogP contribution is -2.48. The van der Waals surface area contributed by atoms with Crippen molar-refractivity contribution in [3.63, 3.8) is 0 Å². The summed E-state index contributed by atoms with van der Waals surface area (Å²) in [5.41, 5.74) is 2.61. The highest BCUT2D eigenvalue weighted by Crippen LogP contribution is 2.18. The van der Waals surface area contributed by atoms with Gasteiger partial charge in [-0.2, -0.15) is 0 Å². The fourth-order valence-electron chi connectivity index (χ4n) is 2.24. The first kappa shape index (κ1) is 22.9. The highest BCUT2D eigenvalue weighted by Gasteiger charge is 2.14. The first-order valence-electron chi connectivity index (χ1n) is 8.54. The van der Waals surface area contributed by atoms with Gasteiger partial charge in [0.15, 0.2) is 5.96 Å². The molecule has 2 aromatic rings. The van der Waals surface area contributed by atoms with Gasteiger partial charge in [-0.05, 0) is 39.8 Å². The number of carbonyl (C=O) groups excluding carboxylic acids is 1. The highest BCUT2D eigenvalue weighted by atomic mass is 127. The topological polar surface area (TPSA) is 91.5 Å². The van der Waals surface area contributed by atoms with Crippen molar-refractivity contribution in [2.45, 2.75) is 39.8 Å². The van der Waals surface area contributed by atoms with E-state index >= 15 is 0 Å². The molecule has 0 bridgehead atoms. The summed E-state index contributed by atoms with van der Waals surface area (Å²) in [7, 11) is 1.65. The van der Waals surface area contributed by atoms with Crippen LogP contribution in [0, 0.1) is 6.92 Å². The molecule has 1 aromatic carbocycles. The third-order valence-corrected chi connectivity index (χ3v) is 3.44. The number of halogens is 1. The van der Waals surface area contributed by atoms with Gasteiger partial charge in [-0.3, -0.25) is 9.79 Å². The van der Waals surface area contributed by atoms with Crippen molar-refractivity contribution in [2.75, 3.05) is 13.6 Å². The molecule has 0 saturated carbocycles. The van der Waals surface area contributed by atoms with Crippen LogP contribution >= 0.6 is 24.0 Å². The van der Waals surface area contributed by atoms with Gasteiger partial charge < -0.3 is 20.4 Å². The van der Waals surface area contributed by atoms with E-state index in [0.717, 1.165) is 11.3 Å². The Balaban J connectivity index is 0.00000364. The van der Waals surface area contributed by atoms with Crippen LogP contribution in [0.3, 0.4) is 0 Å². The second-order valence-electron chi connectivity index (χ2n) is 7.09. The van der Waals surface area contributed by atoms with Gasteiger partial charge in [0.1, 0.15) is 6.26 Å². The summed E-state index contributed by atoms with van der Waals surface area (Å²) in [6.45, 7) is 8.44. The minimum absolute atomic E-state index is 0. The average Bonchev–Trinajstić information content (AvgIpc) is 3.03. The number of nitrogens with zero attached hydrogens (tertiary/aromatic N) is 2. The summed E-state index contributed by atoms with van der Waals surface area (Å²) in [6, 6.07) is 8.00. The number of nitrogens with one attached hydrogen (secondary N) is 3. The molecule has 0 fully saturated rings. The number of aliphatic imine (C=N–C) groups is 1. The quantitative estimate of drug-likeness (QED) is 0.344. The van der Waals surface area contributed by atoms with Crippen molar-refractivity contribution in [1.82, 2.24) is 20.9 Å². The van der Waals surface area contributed by atoms with E-state index in [-0.39, 0.29) is 42.0 Å². The summed E-state index contributed by atoms with van der Waals surface area (Å²) < 4.78 is 5.53. The number of amides is 1. The van der Waals surface area contributed by atoms with E-state index in [4.69, 9.17) is 4.42 Å². The van der Waals surface area contributed by atoms with E-state index < -0.39 is 0 Å². The van der Waals surface area contributed by atoms with E-state index in [1.165, 1.54) is 5.56 Å². The number of hydrogen-bond acceptors (Lipinski definition) is 4. The molecule has 1 amide bonds. The molecule has 3 N–H and O–H groups in total. The molecule has 0 aliphatic heterocycles. The third-order valence-electron chi connectivity index (χ3n) is 3.44. The maximum Gasteiger partial charge on any atom is 0.239 e. The van der Waals surface area contributed by atoms with Crippen LogP contribution in [0.15, 0.2) is 39.9 Å². The number of guanidine groups is 1. The fraction of sp³-hybridized carbons (Fsp3) is 0.421. The summed E-state index contributed by atoms with van der Waals surface area (Å²) >= 11 is 0. The number of aryl methyl sites for hydroxylation is 1. The van der Waals surface area contributed by atoms with E-state index in [2.05, 4.69) is 25.9 Å². The Hall–Kier alpha value is -2.10. The molecule has 0 saturated heterocycles. The summed E-state index contributed by atoms with van der Waals surface area (Å²) in [4.78, 5) is 20.4. The zero-order valence-electron chi connectivity index (χ0n) is 16.4. The van der Waals surface area contributed by atoms with E-state index in [9.17, 15) is 4.79 Å². The van der Waals surface area contributed by atoms with Gasteiger partial charge in [-0.15, -0.1) is 24.0 Å². The monoisotopic (exact) mass is 485 g/mol. The van der Waals surface area contributed by atoms with Crippen molar-refractivity contribution >= 4 is 35.8 Å². The largest absolute Gasteiger partial charge is 0.444 e. The number of carbonyl (C=O) groups is 1. The first-order chi connectivity index (χ1) is 12.3. The molecule has 2 rings (SSSR count). The van der Waals surface area contributed by atoms with Crippen LogP contribution in [-0.2, 0) is 11.3 Å². The van der Waals surface area contributed by atoms with Crippen LogP contribution in [0.1, 0.15) is 32.0 Å². The maximum absolute atomic E-state index is 11.9. The number of rotatable bonds is 5. The van der Waals surface area contributed by atoms with E-state index in [1.807, 2.05) is 52.0 Å². The molecule has 7 nitrogen and oxygen atoms in total. The molecule has 0 spiro atoms. The van der Waals surface area contributed by atoms with Crippen molar-refractivity contribution in [1.29, 1.82) is 0 Å². The molecule has 0 aliphatic carbocycles. The van der Waals surface area contributed by atoms with Gasteiger partial charge in [0, 0.05) is 18.2 Å². The van der Waals surface area contributed by atoms with Crippen LogP contribution < -0.4 is 16.0 Å². The maximum atomic E-state index is 11.9. The van der Waals surface area contributed by atoms with Crippen LogP contribution in [0.25, 0.3) is 11.5 Å². The van der Waals surface area contributed by atoms with Crippen molar-refractivity contribution < 1.29 is 9.21 Å². The number of oxazole rings is 1. The molecule has 0 unspecified atom stereocenters. The number of hydrogen-bond donors (Lipinski definition) is 3. The standard InChI is InChI=1S/C19H27N5O2.HI/c1-13-6-8-14(9-7-13)17-23-15(12-26-17)10-21-18(20-5)22-11-16(25)24-19(2,3)4;/h6-9,12H,10-11H2,1-5H3,(H,24,25)(H2,20,21,22);1H. The highest BCUT2D eigenvalue weighted by molar-refractivity contribution is 14.0. The fourth-order valence-corrected chi connectivity index (χ4v) is 2.24. The van der Waals surface area contributed by atoms with Gasteiger partial charge >= 0.3 is 0 Å². The molecule has 1 heterocycles. The molecule has 27 heavy (non-hydrogen) atoms. The van der Waals surface area contributed by atoms with Crippen molar-refractivity contribution in [3.8, 4) is 11.5 Å². The Morgan fingerprint density at radius 2 is 1.85 bits per heavy atom. The van der Waals surface area contributed by atoms with Crippen molar-refractivity contribution in [2.24, 2.45) is 4.99 Å². The Morgan fingerprint density at radius 1 is 1.19 bits per heavy atom. The molecular formula is C19H28IN5O2. The first-order valence-corrected chi connectivity index (χ1v) is 8.54. The predicted octanol–water partition coefficient (Wildman–Crippen LogP) is 2.85. The molecule has 8 heteroatoms. The average molecular weight is 485 g/mol. The molecule has 0 atom stereocenters. The van der Waals surface area contributed by atoms with Crippen molar-refractivity contribution in [3.05, 3.63) is 41.8 Å². The second-order valence-corrected chi connectivity index (χ2v) is 7.09. The molecule has 0 radical (unpaired) electrons. The second kappa shape index (κ2) is 10.3. The number of aromatic nitrogens is 1. The molecule has 1 aromatic heterocycles. The Bertz CT molecular complexity index is 763. The van der Waals surface area contributed by atoms with E-state index in [1.54, 1.807) is 13.3 Å². The molecule has 148 valence electrons. The van der Waals surface area contributed by atoms with Crippen LogP contribution in [0.4, 0.5) is 0 Å². The minimum atomic E-state index is -0.261. The lowest BCUT2D eigenvalue weighted by atomic mass is 10.1. The zero-order chi connectivity index (χ0) is 19.2. The lowest BCUT2D eigenvalue weighted by molar-refractivity contribution is -0.121. The third kappa shape index (κ3) is 7.98. The van der Waals surface area contributed by atoms with E-state index in [0.29, 0.717) is 18.4 Å². The Morgan fingerprint density at radius 3 is 2.44 bits per heavy atom. The number of benzene rings is 1. The van der Waals surface area contributed by atoms with Gasteiger partial charge in [-0.25, -0.2) is 4.98 Å². The minimum Gasteiger partial charge on any atom is -0.444 e. The van der Waals surface area contributed by atoms with Crippen LogP contribution in [0.2, 0.25) is 0 Å². The van der Waals surface area contributed by atoms with Gasteiger partial charge in [-0.1, -0.05) is 17.7 Å². The summed E-state index contributed by atoms with van der Waals surface area (Å²) in [5.74, 6) is 1.01. The van der Waals surface area contributed by atoms with Crippen LogP contribution in [0.5, 0.6) is 0 Å². The smallest absolute Gasteiger partial charge is 0.239 e. The lowest BCUT2D eigenvalue weighted by Gasteiger charge is -2.21. The SMILES string of the molecule is CN=C(NCC(=O)NC(C)(C)C)NCc1coc(-c2ccc(C)cc2)n1.I. The summed E-state index contributed by atoms with van der Waals surface area (Å²) in [5, 5.41) is 8.98. The zero-order valence-corrected chi connectivity index (χ0v) is 18.8. The van der Waals surface area contributed by atoms with Gasteiger partial charge in [0.25, 0.3) is 0 Å². The predicted molar refractivity (Wildman–Crippen MR) is 118 cm³/mol. The normalized spacial score (nSPS) is 11.5. The van der Waals surface area contributed by atoms with Gasteiger partial charge in [0.05, 0.1) is 18.8 Å². The Labute approximate surface area is 177 Å². The summed E-state index contributed by atoms with van der Waals surface area (Å²) in [6.07, 6.45) is 1.61. The molecular weight excluding hydrogens is 457 g/mol. The molecule has 0 aliphatic rings.